The molecule has 0 aromatic heterocycles. The van der Waals surface area contributed by atoms with Crippen molar-refractivity contribution in [3.8, 4) is 5.75 Å². The number of carbonyl (C=O) groups excluding carboxylic acids is 3. The molecule has 0 heterocycles. The first-order valence-electron chi connectivity index (χ1n) is 9.03. The highest BCUT2D eigenvalue weighted by Crippen LogP contribution is 2.18. The van der Waals surface area contributed by atoms with E-state index >= 15 is 0 Å². The van der Waals surface area contributed by atoms with E-state index in [2.05, 4.69) is 10.6 Å². The summed E-state index contributed by atoms with van der Waals surface area (Å²) in [7, 11) is 1.57. The molecular weight excluding hydrogens is 346 g/mol. The molecule has 0 saturated carbocycles. The van der Waals surface area contributed by atoms with Crippen LogP contribution < -0.4 is 15.4 Å². The fourth-order valence-electron chi connectivity index (χ4n) is 2.42. The molecule has 2 N–H and O–H groups in total. The second-order valence-electron chi connectivity index (χ2n) is 7.88. The van der Waals surface area contributed by atoms with Crippen molar-refractivity contribution < 1.29 is 19.1 Å². The van der Waals surface area contributed by atoms with Crippen LogP contribution in [0, 0.1) is 11.3 Å². The summed E-state index contributed by atoms with van der Waals surface area (Å²) in [5.41, 5.74) is 0.0420. The lowest BCUT2D eigenvalue weighted by molar-refractivity contribution is -0.143. The lowest BCUT2D eigenvalue weighted by Gasteiger charge is -2.30. The van der Waals surface area contributed by atoms with Gasteiger partial charge in [0.15, 0.2) is 0 Å². The number of hydrogen-bond donors (Lipinski definition) is 2. The van der Waals surface area contributed by atoms with Crippen molar-refractivity contribution in [2.24, 2.45) is 11.3 Å². The summed E-state index contributed by atoms with van der Waals surface area (Å²) >= 11 is 0. The minimum absolute atomic E-state index is 0.0654. The Labute approximate surface area is 161 Å². The summed E-state index contributed by atoms with van der Waals surface area (Å²) in [6.07, 6.45) is 0. The van der Waals surface area contributed by atoms with Crippen LogP contribution in [0.4, 0.5) is 5.69 Å². The second kappa shape index (κ2) is 9.94. The number of amides is 3. The first kappa shape index (κ1) is 22.5. The highest BCUT2D eigenvalue weighted by Gasteiger charge is 2.28. The summed E-state index contributed by atoms with van der Waals surface area (Å²) in [6.45, 7) is 9.71. The topological polar surface area (TPSA) is 87.7 Å². The Morgan fingerprint density at radius 2 is 1.67 bits per heavy atom. The summed E-state index contributed by atoms with van der Waals surface area (Å²) in [5.74, 6) is 0.135. The Morgan fingerprint density at radius 1 is 1.07 bits per heavy atom. The predicted octanol–water partition coefficient (Wildman–Crippen LogP) is 2.28. The van der Waals surface area contributed by atoms with Crippen molar-refractivity contribution in [3.05, 3.63) is 24.3 Å². The Hall–Kier alpha value is -2.57. The number of carbonyl (C=O) groups is 3. The smallest absolute Gasteiger partial charge is 0.243 e. The van der Waals surface area contributed by atoms with E-state index in [4.69, 9.17) is 4.74 Å². The van der Waals surface area contributed by atoms with E-state index < -0.39 is 5.41 Å². The first-order valence-corrected chi connectivity index (χ1v) is 9.03. The van der Waals surface area contributed by atoms with Crippen LogP contribution >= 0.6 is 0 Å². The van der Waals surface area contributed by atoms with E-state index in [1.165, 1.54) is 0 Å². The monoisotopic (exact) mass is 377 g/mol. The van der Waals surface area contributed by atoms with Crippen LogP contribution in [0.3, 0.4) is 0 Å². The zero-order valence-corrected chi connectivity index (χ0v) is 17.1. The van der Waals surface area contributed by atoms with Crippen LogP contribution in [0.25, 0.3) is 0 Å². The zero-order chi connectivity index (χ0) is 20.6. The predicted molar refractivity (Wildman–Crippen MR) is 106 cm³/mol. The lowest BCUT2D eigenvalue weighted by atomic mass is 9.94. The minimum atomic E-state index is -0.569. The standard InChI is InChI=1S/C20H31N3O4/c1-14(2)12-23(19(26)20(3,4)5)13-18(25)21-11-17(24)22-15-7-9-16(27-6)10-8-15/h7-10,14H,11-13H2,1-6H3,(H,21,25)(H,22,24). The van der Waals surface area contributed by atoms with Gasteiger partial charge in [-0.15, -0.1) is 0 Å². The molecule has 0 aliphatic rings. The second-order valence-corrected chi connectivity index (χ2v) is 7.88. The molecule has 3 amide bonds. The van der Waals surface area contributed by atoms with Gasteiger partial charge in [0.25, 0.3) is 0 Å². The van der Waals surface area contributed by atoms with E-state index in [1.54, 1.807) is 36.3 Å². The third-order valence-corrected chi connectivity index (χ3v) is 3.67. The number of nitrogens with zero attached hydrogens (tertiary/aromatic N) is 1. The van der Waals surface area contributed by atoms with Crippen molar-refractivity contribution in [2.45, 2.75) is 34.6 Å². The third kappa shape index (κ3) is 8.11. The Morgan fingerprint density at radius 3 is 2.15 bits per heavy atom. The first-order chi connectivity index (χ1) is 12.5. The molecule has 7 heteroatoms. The molecule has 0 fully saturated rings. The number of benzene rings is 1. The fourth-order valence-corrected chi connectivity index (χ4v) is 2.42. The molecule has 1 aromatic rings. The molecule has 0 spiro atoms. The molecule has 0 aliphatic carbocycles. The number of nitrogens with one attached hydrogen (secondary N) is 2. The average Bonchev–Trinajstić information content (AvgIpc) is 2.58. The van der Waals surface area contributed by atoms with Gasteiger partial charge in [0, 0.05) is 17.6 Å². The van der Waals surface area contributed by atoms with Gasteiger partial charge >= 0.3 is 0 Å². The maximum atomic E-state index is 12.5. The molecular formula is C20H31N3O4. The molecule has 1 aromatic carbocycles. The van der Waals surface area contributed by atoms with Crippen molar-refractivity contribution in [1.82, 2.24) is 10.2 Å². The maximum absolute atomic E-state index is 12.5. The third-order valence-electron chi connectivity index (χ3n) is 3.67. The van der Waals surface area contributed by atoms with Crippen LogP contribution in [-0.2, 0) is 14.4 Å². The van der Waals surface area contributed by atoms with Crippen LogP contribution in [0.5, 0.6) is 5.75 Å². The van der Waals surface area contributed by atoms with Crippen molar-refractivity contribution in [2.75, 3.05) is 32.1 Å². The highest BCUT2D eigenvalue weighted by atomic mass is 16.5. The molecule has 0 unspecified atom stereocenters. The minimum Gasteiger partial charge on any atom is -0.497 e. The van der Waals surface area contributed by atoms with Crippen LogP contribution in [0.15, 0.2) is 24.3 Å². The van der Waals surface area contributed by atoms with Gasteiger partial charge in [-0.2, -0.15) is 0 Å². The maximum Gasteiger partial charge on any atom is 0.243 e. The lowest BCUT2D eigenvalue weighted by Crippen LogP contribution is -2.47. The van der Waals surface area contributed by atoms with Gasteiger partial charge < -0.3 is 20.3 Å². The molecule has 0 bridgehead atoms. The van der Waals surface area contributed by atoms with Gasteiger partial charge in [-0.05, 0) is 30.2 Å². The molecule has 1 rings (SSSR count). The molecule has 0 radical (unpaired) electrons. The number of ether oxygens (including phenoxy) is 1. The van der Waals surface area contributed by atoms with E-state index in [0.29, 0.717) is 18.0 Å². The van der Waals surface area contributed by atoms with E-state index in [-0.39, 0.29) is 36.7 Å². The molecule has 0 atom stereocenters. The van der Waals surface area contributed by atoms with Crippen molar-refractivity contribution >= 4 is 23.4 Å². The zero-order valence-electron chi connectivity index (χ0n) is 17.1. The van der Waals surface area contributed by atoms with E-state index in [9.17, 15) is 14.4 Å². The Bertz CT molecular complexity index is 648. The number of anilines is 1. The molecule has 0 saturated heterocycles. The quantitative estimate of drug-likeness (QED) is 0.728. The Kier molecular flexibility index (Phi) is 8.28. The number of methoxy groups -OCH3 is 1. The molecule has 27 heavy (non-hydrogen) atoms. The SMILES string of the molecule is COc1ccc(NC(=O)CNC(=O)CN(CC(C)C)C(=O)C(C)(C)C)cc1. The summed E-state index contributed by atoms with van der Waals surface area (Å²) in [4.78, 5) is 38.3. The van der Waals surface area contributed by atoms with Gasteiger partial charge in [-0.3, -0.25) is 14.4 Å². The number of hydrogen-bond acceptors (Lipinski definition) is 4. The van der Waals surface area contributed by atoms with E-state index in [0.717, 1.165) is 0 Å². The Balaban J connectivity index is 2.55. The highest BCUT2D eigenvalue weighted by molar-refractivity contribution is 5.95. The molecule has 7 nitrogen and oxygen atoms in total. The van der Waals surface area contributed by atoms with Crippen molar-refractivity contribution in [1.29, 1.82) is 0 Å². The molecule has 0 aliphatic heterocycles. The number of rotatable bonds is 8. The normalized spacial score (nSPS) is 11.1. The summed E-state index contributed by atoms with van der Waals surface area (Å²) in [6, 6.07) is 6.89. The van der Waals surface area contributed by atoms with Crippen LogP contribution in [0.1, 0.15) is 34.6 Å². The van der Waals surface area contributed by atoms with Crippen molar-refractivity contribution in [3.63, 3.8) is 0 Å². The average molecular weight is 377 g/mol. The largest absolute Gasteiger partial charge is 0.497 e. The van der Waals surface area contributed by atoms with Gasteiger partial charge in [-0.1, -0.05) is 34.6 Å². The fraction of sp³-hybridized carbons (Fsp3) is 0.550. The summed E-state index contributed by atoms with van der Waals surface area (Å²) < 4.78 is 5.06. The van der Waals surface area contributed by atoms with Gasteiger partial charge in [0.05, 0.1) is 20.2 Å². The van der Waals surface area contributed by atoms with Crippen LogP contribution in [0.2, 0.25) is 0 Å². The van der Waals surface area contributed by atoms with Crippen LogP contribution in [-0.4, -0.2) is 49.4 Å². The summed E-state index contributed by atoms with van der Waals surface area (Å²) in [5, 5.41) is 5.26. The van der Waals surface area contributed by atoms with Gasteiger partial charge in [0.2, 0.25) is 17.7 Å². The molecule has 150 valence electrons. The van der Waals surface area contributed by atoms with E-state index in [1.807, 2.05) is 34.6 Å². The van der Waals surface area contributed by atoms with Gasteiger partial charge in [-0.25, -0.2) is 0 Å². The van der Waals surface area contributed by atoms with Gasteiger partial charge in [0.1, 0.15) is 5.75 Å².